The van der Waals surface area contributed by atoms with Gasteiger partial charge in [-0.3, -0.25) is 10.1 Å². The summed E-state index contributed by atoms with van der Waals surface area (Å²) in [4.78, 5) is 26.1. The summed E-state index contributed by atoms with van der Waals surface area (Å²) in [7, 11) is 2.16. The molecule has 0 aromatic carbocycles. The molecule has 1 aliphatic rings. The quantitative estimate of drug-likeness (QED) is 0.471. The molecule has 5 aromatic heterocycles. The Balaban J connectivity index is 1.44. The molecule has 0 spiro atoms. The first-order valence-corrected chi connectivity index (χ1v) is 10.3. The summed E-state index contributed by atoms with van der Waals surface area (Å²) >= 11 is 0. The van der Waals surface area contributed by atoms with Crippen molar-refractivity contribution in [2.75, 3.05) is 38.1 Å². The van der Waals surface area contributed by atoms with Crippen molar-refractivity contribution in [1.82, 2.24) is 40.0 Å². The van der Waals surface area contributed by atoms with E-state index in [0.29, 0.717) is 17.1 Å². The number of nitrogens with zero attached hydrogens (tertiary/aromatic N) is 7. The predicted octanol–water partition coefficient (Wildman–Crippen LogP) is 2.71. The van der Waals surface area contributed by atoms with Crippen molar-refractivity contribution in [2.45, 2.75) is 0 Å². The van der Waals surface area contributed by atoms with Gasteiger partial charge in [-0.15, -0.1) is 0 Å². The number of nitrogens with one attached hydrogen (secondary N) is 2. The Bertz CT molecular complexity index is 1360. The zero-order valence-electron chi connectivity index (χ0n) is 17.1. The first kappa shape index (κ1) is 18.0. The van der Waals surface area contributed by atoms with Gasteiger partial charge in [0.15, 0.2) is 17.1 Å². The maximum atomic E-state index is 4.77. The smallest absolute Gasteiger partial charge is 0.181 e. The van der Waals surface area contributed by atoms with Crippen LogP contribution in [-0.4, -0.2) is 73.2 Å². The lowest BCUT2D eigenvalue weighted by Crippen LogP contribution is -2.44. The van der Waals surface area contributed by atoms with Gasteiger partial charge in [0.05, 0.1) is 11.1 Å². The molecule has 9 heteroatoms. The van der Waals surface area contributed by atoms with E-state index in [9.17, 15) is 0 Å². The first-order chi connectivity index (χ1) is 15.3. The number of fused-ring (bicyclic) bond motifs is 2. The highest BCUT2D eigenvalue weighted by atomic mass is 15.3. The van der Waals surface area contributed by atoms with Gasteiger partial charge in [0.25, 0.3) is 0 Å². The molecule has 0 bridgehead atoms. The highest BCUT2D eigenvalue weighted by Crippen LogP contribution is 2.31. The van der Waals surface area contributed by atoms with Crippen LogP contribution in [0.1, 0.15) is 0 Å². The Morgan fingerprint density at radius 1 is 0.903 bits per heavy atom. The summed E-state index contributed by atoms with van der Waals surface area (Å²) < 4.78 is 0. The van der Waals surface area contributed by atoms with E-state index in [1.807, 2.05) is 24.5 Å². The van der Waals surface area contributed by atoms with Gasteiger partial charge in [-0.05, 0) is 36.9 Å². The molecule has 6 heterocycles. The number of H-pyrrole nitrogens is 2. The number of aromatic nitrogens is 7. The van der Waals surface area contributed by atoms with Gasteiger partial charge in [0.2, 0.25) is 0 Å². The molecular formula is C22H21N9. The average Bonchev–Trinajstić information content (AvgIpc) is 3.43. The molecule has 1 saturated heterocycles. The van der Waals surface area contributed by atoms with Crippen LogP contribution in [0.3, 0.4) is 0 Å². The number of rotatable bonds is 3. The van der Waals surface area contributed by atoms with Crippen molar-refractivity contribution in [1.29, 1.82) is 0 Å². The summed E-state index contributed by atoms with van der Waals surface area (Å²) in [5.74, 6) is 0.709. The van der Waals surface area contributed by atoms with Gasteiger partial charge in [0, 0.05) is 56.5 Å². The van der Waals surface area contributed by atoms with Crippen molar-refractivity contribution in [3.05, 3.63) is 49.1 Å². The van der Waals surface area contributed by atoms with Crippen molar-refractivity contribution >= 4 is 27.9 Å². The fourth-order valence-corrected chi connectivity index (χ4v) is 4.11. The van der Waals surface area contributed by atoms with E-state index in [4.69, 9.17) is 4.98 Å². The Hall–Kier alpha value is -3.85. The van der Waals surface area contributed by atoms with E-state index in [1.54, 1.807) is 12.4 Å². The molecule has 154 valence electrons. The maximum Gasteiger partial charge on any atom is 0.181 e. The lowest BCUT2D eigenvalue weighted by molar-refractivity contribution is 0.313. The van der Waals surface area contributed by atoms with Crippen molar-refractivity contribution < 1.29 is 0 Å². The minimum absolute atomic E-state index is 0.653. The number of hydrogen-bond acceptors (Lipinski definition) is 7. The Morgan fingerprint density at radius 3 is 2.58 bits per heavy atom. The number of pyridine rings is 3. The van der Waals surface area contributed by atoms with Gasteiger partial charge in [0.1, 0.15) is 11.2 Å². The standard InChI is InChI=1S/C22H21N9/c1-30-8-10-31(11-9-30)17-4-7-24-21-19(17)26-22(27-21)18-16-12-15(13-25-20(16)29-28-18)14-2-5-23-6-3-14/h2-7,12-13H,8-11H2,1H3,(H,24,26,27)(H,25,28,29). The summed E-state index contributed by atoms with van der Waals surface area (Å²) in [5.41, 5.74) is 6.30. The van der Waals surface area contributed by atoms with Crippen LogP contribution in [0.25, 0.3) is 44.8 Å². The second-order valence-corrected chi connectivity index (χ2v) is 7.83. The van der Waals surface area contributed by atoms with Crippen LogP contribution < -0.4 is 4.90 Å². The third kappa shape index (κ3) is 3.10. The molecule has 1 fully saturated rings. The summed E-state index contributed by atoms with van der Waals surface area (Å²) in [6.07, 6.45) is 7.21. The van der Waals surface area contributed by atoms with Crippen molar-refractivity contribution in [3.63, 3.8) is 0 Å². The van der Waals surface area contributed by atoms with Gasteiger partial charge in [-0.25, -0.2) is 15.0 Å². The Labute approximate surface area is 178 Å². The third-order valence-electron chi connectivity index (χ3n) is 5.87. The fourth-order valence-electron chi connectivity index (χ4n) is 4.11. The van der Waals surface area contributed by atoms with E-state index < -0.39 is 0 Å². The van der Waals surface area contributed by atoms with Crippen molar-refractivity contribution in [2.24, 2.45) is 0 Å². The highest BCUT2D eigenvalue weighted by Gasteiger charge is 2.20. The molecule has 0 unspecified atom stereocenters. The molecule has 0 amide bonds. The van der Waals surface area contributed by atoms with Crippen LogP contribution in [0.5, 0.6) is 0 Å². The maximum absolute atomic E-state index is 4.77. The average molecular weight is 411 g/mol. The fraction of sp³-hybridized carbons (Fsp3) is 0.227. The topological polar surface area (TPSA) is 103 Å². The molecule has 2 N–H and O–H groups in total. The summed E-state index contributed by atoms with van der Waals surface area (Å²) in [6.45, 7) is 4.05. The van der Waals surface area contributed by atoms with E-state index >= 15 is 0 Å². The van der Waals surface area contributed by atoms with Crippen LogP contribution in [0, 0.1) is 0 Å². The normalized spacial score (nSPS) is 15.2. The zero-order chi connectivity index (χ0) is 20.8. The predicted molar refractivity (Wildman–Crippen MR) is 120 cm³/mol. The van der Waals surface area contributed by atoms with Gasteiger partial charge < -0.3 is 14.8 Å². The van der Waals surface area contributed by atoms with Gasteiger partial charge >= 0.3 is 0 Å². The second kappa shape index (κ2) is 7.13. The minimum atomic E-state index is 0.653. The number of aromatic amines is 2. The molecule has 9 nitrogen and oxygen atoms in total. The molecule has 0 saturated carbocycles. The van der Waals surface area contributed by atoms with E-state index in [1.165, 1.54) is 0 Å². The van der Waals surface area contributed by atoms with Gasteiger partial charge in [-0.1, -0.05) is 0 Å². The molecule has 0 atom stereocenters. The van der Waals surface area contributed by atoms with Crippen LogP contribution in [0.4, 0.5) is 5.69 Å². The summed E-state index contributed by atoms with van der Waals surface area (Å²) in [6, 6.07) is 8.08. The van der Waals surface area contributed by atoms with Crippen LogP contribution in [0.15, 0.2) is 49.1 Å². The molecule has 0 aliphatic carbocycles. The largest absolute Gasteiger partial charge is 0.367 e. The molecule has 1 aliphatic heterocycles. The Morgan fingerprint density at radius 2 is 1.74 bits per heavy atom. The SMILES string of the molecule is CN1CCN(c2ccnc3nc(-c4[nH]nc5ncc(-c6ccncc6)cc45)[nH]c23)CC1. The molecule has 0 radical (unpaired) electrons. The number of piperazine rings is 1. The second-order valence-electron chi connectivity index (χ2n) is 7.83. The minimum Gasteiger partial charge on any atom is -0.367 e. The monoisotopic (exact) mass is 411 g/mol. The van der Waals surface area contributed by atoms with Crippen LogP contribution >= 0.6 is 0 Å². The molecule has 31 heavy (non-hydrogen) atoms. The lowest BCUT2D eigenvalue weighted by Gasteiger charge is -2.34. The van der Waals surface area contributed by atoms with E-state index in [2.05, 4.69) is 59.1 Å². The highest BCUT2D eigenvalue weighted by molar-refractivity contribution is 5.95. The number of likely N-dealkylation sites (N-methyl/N-ethyl adjacent to an activating group) is 1. The number of imidazole rings is 1. The molecular weight excluding hydrogens is 390 g/mol. The third-order valence-corrected chi connectivity index (χ3v) is 5.87. The van der Waals surface area contributed by atoms with Crippen LogP contribution in [-0.2, 0) is 0 Å². The van der Waals surface area contributed by atoms with Gasteiger partial charge in [-0.2, -0.15) is 5.10 Å². The Kier molecular flexibility index (Phi) is 4.13. The summed E-state index contributed by atoms with van der Waals surface area (Å²) in [5, 5.41) is 8.40. The number of hydrogen-bond donors (Lipinski definition) is 2. The van der Waals surface area contributed by atoms with E-state index in [0.717, 1.165) is 59.6 Å². The first-order valence-electron chi connectivity index (χ1n) is 10.3. The lowest BCUT2D eigenvalue weighted by atomic mass is 10.1. The van der Waals surface area contributed by atoms with Crippen molar-refractivity contribution in [3.8, 4) is 22.6 Å². The molecule has 6 rings (SSSR count). The van der Waals surface area contributed by atoms with E-state index in [-0.39, 0.29) is 0 Å². The zero-order valence-corrected chi connectivity index (χ0v) is 17.1. The van der Waals surface area contributed by atoms with Crippen LogP contribution in [0.2, 0.25) is 0 Å². The number of anilines is 1. The molecule has 5 aromatic rings.